The summed E-state index contributed by atoms with van der Waals surface area (Å²) in [6.45, 7) is 0. The second-order valence-corrected chi connectivity index (χ2v) is 7.47. The maximum absolute atomic E-state index is 12.8. The Kier molecular flexibility index (Phi) is 6.45. The highest BCUT2D eigenvalue weighted by atomic mass is 32.2. The largest absolute Gasteiger partial charge is 0.339 e. The zero-order chi connectivity index (χ0) is 19.2. The van der Waals surface area contributed by atoms with Gasteiger partial charge in [-0.15, -0.1) is 0 Å². The first kappa shape index (κ1) is 19.4. The molecule has 1 heterocycles. The number of nitrogens with one attached hydrogen (secondary N) is 1. The lowest BCUT2D eigenvalue weighted by Gasteiger charge is -2.31. The van der Waals surface area contributed by atoms with Gasteiger partial charge >= 0.3 is 0 Å². The van der Waals surface area contributed by atoms with E-state index in [4.69, 9.17) is 0 Å². The van der Waals surface area contributed by atoms with Crippen molar-refractivity contribution >= 4 is 29.3 Å². The number of hydrogen-bond acceptors (Lipinski definition) is 5. The molecule has 2 amide bonds. The topological polar surface area (TPSA) is 75.2 Å². The number of carbonyl (C=O) groups is 2. The molecule has 1 aliphatic carbocycles. The molecule has 27 heavy (non-hydrogen) atoms. The van der Waals surface area contributed by atoms with Crippen LogP contribution in [0.2, 0.25) is 0 Å². The van der Waals surface area contributed by atoms with E-state index in [1.807, 2.05) is 18.2 Å². The van der Waals surface area contributed by atoms with Gasteiger partial charge in [0.15, 0.2) is 5.16 Å². The van der Waals surface area contributed by atoms with E-state index < -0.39 is 0 Å². The molecule has 2 aromatic rings. The Morgan fingerprint density at radius 2 is 1.81 bits per heavy atom. The Morgan fingerprint density at radius 1 is 1.11 bits per heavy atom. The first-order chi connectivity index (χ1) is 13.1. The van der Waals surface area contributed by atoms with E-state index in [-0.39, 0.29) is 11.8 Å². The van der Waals surface area contributed by atoms with Crippen LogP contribution in [0.25, 0.3) is 0 Å². The quantitative estimate of drug-likeness (QED) is 0.626. The zero-order valence-corrected chi connectivity index (χ0v) is 16.5. The van der Waals surface area contributed by atoms with Crippen molar-refractivity contribution in [3.8, 4) is 0 Å². The fraction of sp³-hybridized carbons (Fsp3) is 0.400. The van der Waals surface area contributed by atoms with Crippen LogP contribution in [-0.2, 0) is 0 Å². The third kappa shape index (κ3) is 4.86. The molecule has 6 nitrogen and oxygen atoms in total. The Labute approximate surface area is 163 Å². The van der Waals surface area contributed by atoms with Crippen molar-refractivity contribution in [2.75, 3.05) is 18.6 Å². The Morgan fingerprint density at radius 3 is 2.48 bits per heavy atom. The molecule has 0 saturated heterocycles. The molecule has 0 aliphatic heterocycles. The van der Waals surface area contributed by atoms with Crippen molar-refractivity contribution < 1.29 is 9.59 Å². The van der Waals surface area contributed by atoms with Gasteiger partial charge in [-0.25, -0.2) is 9.97 Å². The van der Waals surface area contributed by atoms with E-state index in [1.54, 1.807) is 24.3 Å². The number of rotatable bonds is 5. The normalized spacial score (nSPS) is 14.6. The number of amides is 2. The summed E-state index contributed by atoms with van der Waals surface area (Å²) < 4.78 is 0. The average molecular weight is 385 g/mol. The van der Waals surface area contributed by atoms with E-state index in [2.05, 4.69) is 15.3 Å². The molecular weight excluding hydrogens is 360 g/mol. The van der Waals surface area contributed by atoms with E-state index in [0.29, 0.717) is 28.0 Å². The summed E-state index contributed by atoms with van der Waals surface area (Å²) in [5.74, 6) is -0.307. The highest BCUT2D eigenvalue weighted by Gasteiger charge is 2.23. The fourth-order valence-corrected chi connectivity index (χ4v) is 3.63. The Balaban J connectivity index is 1.68. The predicted molar refractivity (Wildman–Crippen MR) is 107 cm³/mol. The van der Waals surface area contributed by atoms with Crippen LogP contribution < -0.4 is 5.32 Å². The standard InChI is InChI=1S/C20H24N4O2S/c1-24(17-9-4-3-5-10-17)19(26)14-7-6-8-16(11-14)23-18(25)15-12-21-20(27-2)22-13-15/h6-8,11-13,17H,3-5,9-10H2,1-2H3,(H,23,25). The second-order valence-electron chi connectivity index (χ2n) is 6.70. The van der Waals surface area contributed by atoms with Gasteiger partial charge in [0.2, 0.25) is 0 Å². The van der Waals surface area contributed by atoms with Gasteiger partial charge in [0.25, 0.3) is 11.8 Å². The second kappa shape index (κ2) is 8.99. The number of aromatic nitrogens is 2. The summed E-state index contributed by atoms with van der Waals surface area (Å²) in [4.78, 5) is 35.3. The summed E-state index contributed by atoms with van der Waals surface area (Å²) in [7, 11) is 1.87. The smallest absolute Gasteiger partial charge is 0.258 e. The van der Waals surface area contributed by atoms with Crippen molar-refractivity contribution in [3.05, 3.63) is 47.8 Å². The molecule has 0 atom stereocenters. The maximum atomic E-state index is 12.8. The van der Waals surface area contributed by atoms with Gasteiger partial charge in [0.1, 0.15) is 0 Å². The first-order valence-corrected chi connectivity index (χ1v) is 10.4. The molecule has 1 aromatic carbocycles. The minimum absolute atomic E-state index is 0.00865. The van der Waals surface area contributed by atoms with E-state index >= 15 is 0 Å². The minimum Gasteiger partial charge on any atom is -0.339 e. The van der Waals surface area contributed by atoms with Gasteiger partial charge < -0.3 is 10.2 Å². The lowest BCUT2D eigenvalue weighted by Crippen LogP contribution is -2.38. The minimum atomic E-state index is -0.298. The molecule has 7 heteroatoms. The van der Waals surface area contributed by atoms with E-state index in [1.165, 1.54) is 43.4 Å². The third-order valence-electron chi connectivity index (χ3n) is 4.88. The van der Waals surface area contributed by atoms with Crippen LogP contribution in [0.3, 0.4) is 0 Å². The summed E-state index contributed by atoms with van der Waals surface area (Å²) in [6, 6.07) is 7.36. The monoisotopic (exact) mass is 384 g/mol. The number of benzene rings is 1. The summed E-state index contributed by atoms with van der Waals surface area (Å²) in [5, 5.41) is 3.43. The summed E-state index contributed by atoms with van der Waals surface area (Å²) in [5.41, 5.74) is 1.54. The molecule has 142 valence electrons. The lowest BCUT2D eigenvalue weighted by molar-refractivity contribution is 0.0696. The van der Waals surface area contributed by atoms with Crippen LogP contribution in [0.5, 0.6) is 0 Å². The number of carbonyl (C=O) groups excluding carboxylic acids is 2. The first-order valence-electron chi connectivity index (χ1n) is 9.13. The van der Waals surface area contributed by atoms with E-state index in [0.717, 1.165) is 12.8 Å². The van der Waals surface area contributed by atoms with Gasteiger partial charge in [-0.3, -0.25) is 9.59 Å². The zero-order valence-electron chi connectivity index (χ0n) is 15.6. The lowest BCUT2D eigenvalue weighted by atomic mass is 9.94. The van der Waals surface area contributed by atoms with Gasteiger partial charge in [-0.1, -0.05) is 37.1 Å². The van der Waals surface area contributed by atoms with E-state index in [9.17, 15) is 9.59 Å². The Hall–Kier alpha value is -2.41. The van der Waals surface area contributed by atoms with Gasteiger partial charge in [-0.2, -0.15) is 0 Å². The van der Waals surface area contributed by atoms with Crippen LogP contribution in [-0.4, -0.2) is 46.0 Å². The van der Waals surface area contributed by atoms with Gasteiger partial charge in [0.05, 0.1) is 5.56 Å². The van der Waals surface area contributed by atoms with Gasteiger partial charge in [-0.05, 0) is 37.3 Å². The molecule has 1 saturated carbocycles. The maximum Gasteiger partial charge on any atom is 0.258 e. The number of thioether (sulfide) groups is 1. The molecular formula is C20H24N4O2S. The molecule has 3 rings (SSSR count). The van der Waals surface area contributed by atoms with Crippen LogP contribution in [0, 0.1) is 0 Å². The molecule has 1 N–H and O–H groups in total. The molecule has 1 aromatic heterocycles. The highest BCUT2D eigenvalue weighted by Crippen LogP contribution is 2.23. The Bertz CT molecular complexity index is 804. The average Bonchev–Trinajstić information content (AvgIpc) is 2.73. The SMILES string of the molecule is CSc1ncc(C(=O)Nc2cccc(C(=O)N(C)C3CCCCC3)c2)cn1. The molecule has 0 spiro atoms. The molecule has 0 bridgehead atoms. The summed E-state index contributed by atoms with van der Waals surface area (Å²) in [6.07, 6.45) is 10.6. The van der Waals surface area contributed by atoms with Crippen molar-refractivity contribution in [1.29, 1.82) is 0 Å². The van der Waals surface area contributed by atoms with Crippen molar-refractivity contribution in [1.82, 2.24) is 14.9 Å². The van der Waals surface area contributed by atoms with Crippen LogP contribution >= 0.6 is 11.8 Å². The van der Waals surface area contributed by atoms with Crippen LogP contribution in [0.4, 0.5) is 5.69 Å². The fourth-order valence-electron chi connectivity index (χ4n) is 3.31. The van der Waals surface area contributed by atoms with Crippen LogP contribution in [0.15, 0.2) is 41.8 Å². The van der Waals surface area contributed by atoms with Crippen molar-refractivity contribution in [3.63, 3.8) is 0 Å². The summed E-state index contributed by atoms with van der Waals surface area (Å²) >= 11 is 1.42. The molecule has 0 unspecified atom stereocenters. The third-order valence-corrected chi connectivity index (χ3v) is 5.46. The number of anilines is 1. The predicted octanol–water partition coefficient (Wildman–Crippen LogP) is 3.86. The molecule has 1 aliphatic rings. The van der Waals surface area contributed by atoms with Crippen molar-refractivity contribution in [2.24, 2.45) is 0 Å². The van der Waals surface area contributed by atoms with Gasteiger partial charge in [0, 0.05) is 36.7 Å². The number of hydrogen-bond donors (Lipinski definition) is 1. The van der Waals surface area contributed by atoms with Crippen LogP contribution in [0.1, 0.15) is 52.8 Å². The highest BCUT2D eigenvalue weighted by molar-refractivity contribution is 7.98. The van der Waals surface area contributed by atoms with Crippen molar-refractivity contribution in [2.45, 2.75) is 43.3 Å². The number of nitrogens with zero attached hydrogens (tertiary/aromatic N) is 3. The molecule has 1 fully saturated rings. The molecule has 0 radical (unpaired) electrons.